The van der Waals surface area contributed by atoms with Crippen LogP contribution in [-0.4, -0.2) is 24.6 Å². The molecule has 0 saturated heterocycles. The number of ether oxygens (including phenoxy) is 1. The third-order valence-corrected chi connectivity index (χ3v) is 2.35. The lowest BCUT2D eigenvalue weighted by atomic mass is 10.1. The molecule has 1 rings (SSSR count). The summed E-state index contributed by atoms with van der Waals surface area (Å²) in [5, 5.41) is 0. The molecule has 1 aromatic rings. The first kappa shape index (κ1) is 16.3. The normalized spacial score (nSPS) is 13.2. The molecular weight excluding hydrogens is 293 g/mol. The smallest absolute Gasteiger partial charge is 0.460 e. The van der Waals surface area contributed by atoms with Crippen LogP contribution in [0.1, 0.15) is 5.56 Å². The maximum Gasteiger partial charge on any atom is 0.460 e. The van der Waals surface area contributed by atoms with E-state index >= 15 is 0 Å². The summed E-state index contributed by atoms with van der Waals surface area (Å²) < 4.78 is 90.8. The van der Waals surface area contributed by atoms with E-state index in [0.717, 1.165) is 12.1 Å². The van der Waals surface area contributed by atoms with Gasteiger partial charge in [-0.15, -0.1) is 0 Å². The van der Waals surface area contributed by atoms with Gasteiger partial charge in [-0.3, -0.25) is 0 Å². The van der Waals surface area contributed by atoms with Gasteiger partial charge in [-0.25, -0.2) is 0 Å². The van der Waals surface area contributed by atoms with E-state index in [2.05, 4.69) is 11.3 Å². The van der Waals surface area contributed by atoms with E-state index in [0.29, 0.717) is 5.56 Å². The van der Waals surface area contributed by atoms with Crippen molar-refractivity contribution < 1.29 is 35.5 Å². The third kappa shape index (κ3) is 3.23. The molecule has 112 valence electrons. The lowest BCUT2D eigenvalue weighted by Gasteiger charge is -2.27. The van der Waals surface area contributed by atoms with E-state index in [4.69, 9.17) is 0 Å². The molecule has 0 saturated carbocycles. The molecule has 0 atom stereocenters. The molecule has 0 fully saturated rings. The largest absolute Gasteiger partial charge is 0.487 e. The van der Waals surface area contributed by atoms with Crippen molar-refractivity contribution in [2.45, 2.75) is 18.0 Å². The number of hydrogen-bond donors (Lipinski definition) is 0. The molecule has 0 aromatic heterocycles. The molecule has 0 amide bonds. The first-order valence-corrected chi connectivity index (χ1v) is 5.19. The fraction of sp³-hybridized carbons (Fsp3) is 0.333. The minimum absolute atomic E-state index is 0.256. The van der Waals surface area contributed by atoms with E-state index in [1.54, 1.807) is 0 Å². The molecule has 0 aliphatic carbocycles. The number of halogens is 7. The van der Waals surface area contributed by atoms with Gasteiger partial charge in [0.05, 0.1) is 0 Å². The van der Waals surface area contributed by atoms with Crippen LogP contribution in [0.15, 0.2) is 30.8 Å². The zero-order chi connectivity index (χ0) is 15.6. The third-order valence-electron chi connectivity index (χ3n) is 2.35. The van der Waals surface area contributed by atoms with Crippen LogP contribution in [-0.2, 0) is 0 Å². The summed E-state index contributed by atoms with van der Waals surface area (Å²) in [6, 6.07) is 5.06. The van der Waals surface area contributed by atoms with Gasteiger partial charge in [-0.05, 0) is 17.7 Å². The Morgan fingerprint density at radius 3 is 1.85 bits per heavy atom. The van der Waals surface area contributed by atoms with Crippen molar-refractivity contribution in [2.75, 3.05) is 6.61 Å². The van der Waals surface area contributed by atoms with Crippen molar-refractivity contribution in [1.29, 1.82) is 0 Å². The van der Waals surface area contributed by atoms with E-state index in [1.807, 2.05) is 0 Å². The van der Waals surface area contributed by atoms with Crippen molar-refractivity contribution in [3.63, 3.8) is 0 Å². The van der Waals surface area contributed by atoms with Gasteiger partial charge >= 0.3 is 18.0 Å². The SMILES string of the molecule is C=Cc1ccc(OCC(F)(F)C(F)(F)C(F)(F)F)cc1. The first-order valence-electron chi connectivity index (χ1n) is 5.19. The molecule has 0 heterocycles. The Hall–Kier alpha value is -1.73. The van der Waals surface area contributed by atoms with Gasteiger partial charge in [-0.2, -0.15) is 30.7 Å². The summed E-state index contributed by atoms with van der Waals surface area (Å²) in [6.07, 6.45) is -4.93. The molecule has 0 aliphatic heterocycles. The van der Waals surface area contributed by atoms with Crippen LogP contribution in [0.25, 0.3) is 6.08 Å². The minimum Gasteiger partial charge on any atom is -0.487 e. The highest BCUT2D eigenvalue weighted by atomic mass is 19.4. The number of benzene rings is 1. The molecule has 1 aromatic carbocycles. The summed E-state index contributed by atoms with van der Waals surface area (Å²) in [5.41, 5.74) is 0.602. The summed E-state index contributed by atoms with van der Waals surface area (Å²) in [7, 11) is 0. The topological polar surface area (TPSA) is 9.23 Å². The molecule has 0 unspecified atom stereocenters. The minimum atomic E-state index is -6.35. The van der Waals surface area contributed by atoms with Gasteiger partial charge in [0, 0.05) is 0 Å². The first-order chi connectivity index (χ1) is 9.01. The zero-order valence-electron chi connectivity index (χ0n) is 9.85. The van der Waals surface area contributed by atoms with Crippen LogP contribution in [0, 0.1) is 0 Å². The molecule has 20 heavy (non-hydrogen) atoms. The average Bonchev–Trinajstić information content (AvgIpc) is 2.35. The van der Waals surface area contributed by atoms with Crippen molar-refractivity contribution in [3.05, 3.63) is 36.4 Å². The maximum atomic E-state index is 12.9. The molecule has 1 nitrogen and oxygen atoms in total. The lowest BCUT2D eigenvalue weighted by Crippen LogP contribution is -2.54. The molecule has 0 aliphatic rings. The maximum absolute atomic E-state index is 12.9. The van der Waals surface area contributed by atoms with Gasteiger partial charge in [0.15, 0.2) is 6.61 Å². The Bertz CT molecular complexity index is 462. The van der Waals surface area contributed by atoms with Crippen LogP contribution >= 0.6 is 0 Å². The van der Waals surface area contributed by atoms with Gasteiger partial charge in [0.2, 0.25) is 0 Å². The Kier molecular flexibility index (Phi) is 4.36. The Balaban J connectivity index is 2.78. The highest BCUT2D eigenvalue weighted by Gasteiger charge is 2.73. The van der Waals surface area contributed by atoms with Gasteiger partial charge < -0.3 is 4.74 Å². The molecule has 8 heteroatoms. The fourth-order valence-electron chi connectivity index (χ4n) is 1.17. The zero-order valence-corrected chi connectivity index (χ0v) is 9.85. The fourth-order valence-corrected chi connectivity index (χ4v) is 1.17. The predicted molar refractivity (Wildman–Crippen MR) is 58.0 cm³/mol. The Morgan fingerprint density at radius 1 is 0.950 bits per heavy atom. The molecule has 0 N–H and O–H groups in total. The Labute approximate surface area is 109 Å². The Morgan fingerprint density at radius 2 is 1.45 bits per heavy atom. The van der Waals surface area contributed by atoms with Crippen LogP contribution in [0.5, 0.6) is 5.75 Å². The summed E-state index contributed by atoms with van der Waals surface area (Å²) in [4.78, 5) is 0. The van der Waals surface area contributed by atoms with Crippen LogP contribution in [0.3, 0.4) is 0 Å². The van der Waals surface area contributed by atoms with Crippen molar-refractivity contribution in [3.8, 4) is 5.75 Å². The summed E-state index contributed by atoms with van der Waals surface area (Å²) in [5.74, 6) is -11.8. The van der Waals surface area contributed by atoms with Gasteiger partial charge in [0.1, 0.15) is 5.75 Å². The van der Waals surface area contributed by atoms with Crippen molar-refractivity contribution >= 4 is 6.08 Å². The monoisotopic (exact) mass is 302 g/mol. The number of alkyl halides is 7. The average molecular weight is 302 g/mol. The van der Waals surface area contributed by atoms with Crippen LogP contribution in [0.4, 0.5) is 30.7 Å². The number of rotatable bonds is 5. The molecule has 0 spiro atoms. The second-order valence-electron chi connectivity index (χ2n) is 3.84. The summed E-state index contributed by atoms with van der Waals surface area (Å²) >= 11 is 0. The van der Waals surface area contributed by atoms with E-state index < -0.39 is 24.6 Å². The van der Waals surface area contributed by atoms with E-state index in [9.17, 15) is 30.7 Å². The van der Waals surface area contributed by atoms with Crippen molar-refractivity contribution in [2.24, 2.45) is 0 Å². The van der Waals surface area contributed by atoms with Gasteiger partial charge in [0.25, 0.3) is 0 Å². The molecular formula is C12H9F7O. The quantitative estimate of drug-likeness (QED) is 0.726. The van der Waals surface area contributed by atoms with Crippen LogP contribution < -0.4 is 4.74 Å². The number of hydrogen-bond acceptors (Lipinski definition) is 1. The standard InChI is InChI=1S/C12H9F7O/c1-2-8-3-5-9(6-4-8)20-7-10(13,14)11(15,16)12(17,18)19/h2-6H,1,7H2. The highest BCUT2D eigenvalue weighted by molar-refractivity contribution is 5.48. The second kappa shape index (κ2) is 5.34. The van der Waals surface area contributed by atoms with Crippen molar-refractivity contribution in [1.82, 2.24) is 0 Å². The lowest BCUT2D eigenvalue weighted by molar-refractivity contribution is -0.358. The predicted octanol–water partition coefficient (Wildman–Crippen LogP) is 4.54. The van der Waals surface area contributed by atoms with E-state index in [-0.39, 0.29) is 5.75 Å². The van der Waals surface area contributed by atoms with E-state index in [1.165, 1.54) is 18.2 Å². The molecule has 0 bridgehead atoms. The second-order valence-corrected chi connectivity index (χ2v) is 3.84. The summed E-state index contributed by atoms with van der Waals surface area (Å²) in [6.45, 7) is 1.33. The van der Waals surface area contributed by atoms with Crippen LogP contribution in [0.2, 0.25) is 0 Å². The molecule has 0 radical (unpaired) electrons. The van der Waals surface area contributed by atoms with Gasteiger partial charge in [-0.1, -0.05) is 24.8 Å². The highest BCUT2D eigenvalue weighted by Crippen LogP contribution is 2.46.